The second kappa shape index (κ2) is 9.35. The van der Waals surface area contributed by atoms with Gasteiger partial charge in [-0.3, -0.25) is 14.4 Å². The largest absolute Gasteiger partial charge is 0.424 e. The van der Waals surface area contributed by atoms with Crippen LogP contribution in [0.2, 0.25) is 0 Å². The number of benzene rings is 1. The topological polar surface area (TPSA) is 77.4 Å². The molecule has 0 aliphatic carbocycles. The Morgan fingerprint density at radius 2 is 1.86 bits per heavy atom. The van der Waals surface area contributed by atoms with E-state index in [1.165, 1.54) is 6.92 Å². The summed E-state index contributed by atoms with van der Waals surface area (Å²) < 4.78 is 6.90. The lowest BCUT2D eigenvalue weighted by molar-refractivity contribution is -0.131. The second-order valence-electron chi connectivity index (χ2n) is 6.85. The van der Waals surface area contributed by atoms with E-state index >= 15 is 0 Å². The number of hydrogen-bond donors (Lipinski definition) is 1. The molecule has 1 amide bonds. The molecule has 0 saturated carbocycles. The minimum Gasteiger partial charge on any atom is -0.424 e. The van der Waals surface area contributed by atoms with Crippen LogP contribution in [-0.4, -0.2) is 16.4 Å². The number of hydrogen-bond acceptors (Lipinski definition) is 4. The van der Waals surface area contributed by atoms with Crippen molar-refractivity contribution in [2.75, 3.05) is 5.32 Å². The van der Waals surface area contributed by atoms with E-state index in [4.69, 9.17) is 4.74 Å². The predicted molar refractivity (Wildman–Crippen MR) is 110 cm³/mol. The number of carbonyl (C=O) groups is 2. The SMILES string of the molecule is CCCCn1c(CC)c(C)cc(C(=O)Nc2c(C)cccc2OC(C)=O)c1=O. The summed E-state index contributed by atoms with van der Waals surface area (Å²) in [6.07, 6.45) is 2.55. The van der Waals surface area contributed by atoms with Crippen LogP contribution < -0.4 is 15.6 Å². The van der Waals surface area contributed by atoms with Crippen LogP contribution in [0.4, 0.5) is 5.69 Å². The minimum absolute atomic E-state index is 0.0860. The molecule has 0 unspecified atom stereocenters. The number of amides is 1. The third-order valence-corrected chi connectivity index (χ3v) is 4.66. The molecule has 1 heterocycles. The first kappa shape index (κ1) is 21.4. The van der Waals surface area contributed by atoms with Crippen LogP contribution >= 0.6 is 0 Å². The molecular weight excluding hydrogens is 356 g/mol. The number of nitrogens with zero attached hydrogens (tertiary/aromatic N) is 1. The molecule has 6 nitrogen and oxygen atoms in total. The number of ether oxygens (including phenoxy) is 1. The highest BCUT2D eigenvalue weighted by atomic mass is 16.5. The van der Waals surface area contributed by atoms with Gasteiger partial charge in [-0.05, 0) is 49.9 Å². The van der Waals surface area contributed by atoms with Crippen LogP contribution in [0.25, 0.3) is 0 Å². The number of anilines is 1. The molecule has 150 valence electrons. The molecule has 0 saturated heterocycles. The summed E-state index contributed by atoms with van der Waals surface area (Å²) in [4.78, 5) is 37.3. The Morgan fingerprint density at radius 1 is 1.14 bits per heavy atom. The molecule has 6 heteroatoms. The zero-order chi connectivity index (χ0) is 20.8. The number of aromatic nitrogens is 1. The van der Waals surface area contributed by atoms with Crippen molar-refractivity contribution in [2.45, 2.75) is 60.4 Å². The third kappa shape index (κ3) is 4.68. The minimum atomic E-state index is -0.510. The van der Waals surface area contributed by atoms with Gasteiger partial charge in [-0.2, -0.15) is 0 Å². The molecule has 1 aromatic heterocycles. The smallest absolute Gasteiger partial charge is 0.308 e. The first-order valence-corrected chi connectivity index (χ1v) is 9.62. The Balaban J connectivity index is 2.47. The number of rotatable bonds is 7. The summed E-state index contributed by atoms with van der Waals surface area (Å²) in [6, 6.07) is 6.78. The number of aryl methyl sites for hydroxylation is 2. The van der Waals surface area contributed by atoms with Crippen LogP contribution in [0.3, 0.4) is 0 Å². The Bertz CT molecular complexity index is 944. The third-order valence-electron chi connectivity index (χ3n) is 4.66. The van der Waals surface area contributed by atoms with E-state index in [-0.39, 0.29) is 16.9 Å². The maximum absolute atomic E-state index is 13.0. The highest BCUT2D eigenvalue weighted by Crippen LogP contribution is 2.28. The summed E-state index contributed by atoms with van der Waals surface area (Å²) in [6.45, 7) is 9.66. The molecule has 28 heavy (non-hydrogen) atoms. The molecule has 0 atom stereocenters. The van der Waals surface area contributed by atoms with Gasteiger partial charge in [0, 0.05) is 19.2 Å². The fourth-order valence-electron chi connectivity index (χ4n) is 3.25. The van der Waals surface area contributed by atoms with Gasteiger partial charge >= 0.3 is 5.97 Å². The lowest BCUT2D eigenvalue weighted by Crippen LogP contribution is -2.32. The molecule has 0 aliphatic heterocycles. The van der Waals surface area contributed by atoms with Crippen LogP contribution in [0, 0.1) is 13.8 Å². The van der Waals surface area contributed by atoms with Gasteiger partial charge in [0.05, 0.1) is 5.69 Å². The van der Waals surface area contributed by atoms with E-state index in [1.54, 1.807) is 35.8 Å². The van der Waals surface area contributed by atoms with E-state index in [9.17, 15) is 14.4 Å². The molecule has 0 aliphatic rings. The van der Waals surface area contributed by atoms with Gasteiger partial charge in [0.15, 0.2) is 5.75 Å². The maximum Gasteiger partial charge on any atom is 0.308 e. The lowest BCUT2D eigenvalue weighted by atomic mass is 10.1. The molecule has 0 spiro atoms. The molecule has 0 bridgehead atoms. The number of para-hydroxylation sites is 1. The van der Waals surface area contributed by atoms with E-state index < -0.39 is 11.9 Å². The van der Waals surface area contributed by atoms with Crippen molar-refractivity contribution in [3.05, 3.63) is 57.0 Å². The van der Waals surface area contributed by atoms with E-state index in [0.29, 0.717) is 12.2 Å². The normalized spacial score (nSPS) is 10.6. The number of carbonyl (C=O) groups excluding carboxylic acids is 2. The Labute approximate surface area is 165 Å². The van der Waals surface area contributed by atoms with Crippen LogP contribution in [-0.2, 0) is 17.8 Å². The number of unbranched alkanes of at least 4 members (excludes halogenated alkanes) is 1. The molecule has 0 fully saturated rings. The van der Waals surface area contributed by atoms with Crippen molar-refractivity contribution >= 4 is 17.6 Å². The van der Waals surface area contributed by atoms with Crippen LogP contribution in [0.15, 0.2) is 29.1 Å². The highest BCUT2D eigenvalue weighted by molar-refractivity contribution is 6.05. The summed E-state index contributed by atoms with van der Waals surface area (Å²) in [5.74, 6) is -0.732. The van der Waals surface area contributed by atoms with Crippen molar-refractivity contribution in [1.82, 2.24) is 4.57 Å². The standard InChI is InChI=1S/C22H28N2O4/c1-6-8-12-24-18(7-2)15(4)13-17(22(24)27)21(26)23-20-14(3)10-9-11-19(20)28-16(5)25/h9-11,13H,6-8,12H2,1-5H3,(H,23,26). The van der Waals surface area contributed by atoms with Gasteiger partial charge in [-0.1, -0.05) is 32.4 Å². The van der Waals surface area contributed by atoms with Gasteiger partial charge in [-0.15, -0.1) is 0 Å². The van der Waals surface area contributed by atoms with E-state index in [2.05, 4.69) is 12.2 Å². The van der Waals surface area contributed by atoms with E-state index in [0.717, 1.165) is 36.1 Å². The number of esters is 1. The Hall–Kier alpha value is -2.89. The van der Waals surface area contributed by atoms with Gasteiger partial charge in [0.2, 0.25) is 0 Å². The molecule has 1 N–H and O–H groups in total. The molecule has 2 aromatic rings. The average molecular weight is 384 g/mol. The lowest BCUT2D eigenvalue weighted by Gasteiger charge is -2.17. The van der Waals surface area contributed by atoms with Crippen molar-refractivity contribution in [3.63, 3.8) is 0 Å². The van der Waals surface area contributed by atoms with Crippen molar-refractivity contribution in [2.24, 2.45) is 0 Å². The zero-order valence-corrected chi connectivity index (χ0v) is 17.2. The van der Waals surface area contributed by atoms with Crippen LogP contribution in [0.5, 0.6) is 5.75 Å². The van der Waals surface area contributed by atoms with Crippen molar-refractivity contribution < 1.29 is 14.3 Å². The van der Waals surface area contributed by atoms with E-state index in [1.807, 2.05) is 13.8 Å². The highest BCUT2D eigenvalue weighted by Gasteiger charge is 2.19. The van der Waals surface area contributed by atoms with Gasteiger partial charge < -0.3 is 14.6 Å². The first-order chi connectivity index (χ1) is 13.3. The van der Waals surface area contributed by atoms with Crippen LogP contribution in [0.1, 0.15) is 60.8 Å². The molecule has 0 radical (unpaired) electrons. The second-order valence-corrected chi connectivity index (χ2v) is 6.85. The Kier molecular flexibility index (Phi) is 7.15. The summed E-state index contributed by atoms with van der Waals surface area (Å²) in [5, 5.41) is 2.76. The fourth-order valence-corrected chi connectivity index (χ4v) is 3.25. The van der Waals surface area contributed by atoms with Gasteiger partial charge in [0.1, 0.15) is 5.56 Å². The summed E-state index contributed by atoms with van der Waals surface area (Å²) >= 11 is 0. The fraction of sp³-hybridized carbons (Fsp3) is 0.409. The van der Waals surface area contributed by atoms with Gasteiger partial charge in [-0.25, -0.2) is 0 Å². The molecule has 1 aromatic carbocycles. The van der Waals surface area contributed by atoms with Gasteiger partial charge in [0.25, 0.3) is 11.5 Å². The van der Waals surface area contributed by atoms with Crippen molar-refractivity contribution in [3.8, 4) is 5.75 Å². The summed E-state index contributed by atoms with van der Waals surface area (Å²) in [7, 11) is 0. The average Bonchev–Trinajstić information content (AvgIpc) is 2.64. The maximum atomic E-state index is 13.0. The molecule has 2 rings (SSSR count). The zero-order valence-electron chi connectivity index (χ0n) is 17.2. The predicted octanol–water partition coefficient (Wildman–Crippen LogP) is 4.01. The first-order valence-electron chi connectivity index (χ1n) is 9.62. The number of pyridine rings is 1. The Morgan fingerprint density at radius 3 is 2.46 bits per heavy atom. The monoisotopic (exact) mass is 384 g/mol. The van der Waals surface area contributed by atoms with Crippen molar-refractivity contribution in [1.29, 1.82) is 0 Å². The number of nitrogens with one attached hydrogen (secondary N) is 1. The summed E-state index contributed by atoms with van der Waals surface area (Å²) in [5.41, 5.74) is 2.78. The molecular formula is C22H28N2O4. The quantitative estimate of drug-likeness (QED) is 0.578.